The fourth-order valence-corrected chi connectivity index (χ4v) is 6.93. The highest BCUT2D eigenvalue weighted by atomic mass is 16.3. The zero-order chi connectivity index (χ0) is 20.7. The van der Waals surface area contributed by atoms with E-state index in [0.29, 0.717) is 11.2 Å². The lowest BCUT2D eigenvalue weighted by molar-refractivity contribution is -0.00520. The van der Waals surface area contributed by atoms with E-state index in [9.17, 15) is 5.11 Å². The lowest BCUT2D eigenvalue weighted by Gasteiger charge is -2.57. The summed E-state index contributed by atoms with van der Waals surface area (Å²) in [4.78, 5) is 7.00. The third-order valence-corrected chi connectivity index (χ3v) is 8.01. The molecular formula is C27H34N2O. The van der Waals surface area contributed by atoms with Crippen molar-refractivity contribution in [2.24, 2.45) is 22.7 Å². The highest BCUT2D eigenvalue weighted by Gasteiger charge is 2.51. The molecule has 30 heavy (non-hydrogen) atoms. The van der Waals surface area contributed by atoms with Crippen LogP contribution in [0.4, 0.5) is 11.4 Å². The van der Waals surface area contributed by atoms with Gasteiger partial charge in [-0.15, -0.1) is 0 Å². The first-order valence-electron chi connectivity index (χ1n) is 11.8. The number of aliphatic imine (C=N–C) groups is 1. The Labute approximate surface area is 180 Å². The van der Waals surface area contributed by atoms with Crippen LogP contribution in [0.2, 0.25) is 0 Å². The number of rotatable bonds is 6. The van der Waals surface area contributed by atoms with Gasteiger partial charge in [-0.1, -0.05) is 6.07 Å². The summed E-state index contributed by atoms with van der Waals surface area (Å²) in [6.45, 7) is 6.36. The molecule has 4 saturated carbocycles. The molecule has 4 aliphatic rings. The quantitative estimate of drug-likeness (QED) is 0.563. The van der Waals surface area contributed by atoms with Gasteiger partial charge in [-0.05, 0) is 118 Å². The van der Waals surface area contributed by atoms with Crippen LogP contribution in [0.25, 0.3) is 0 Å². The van der Waals surface area contributed by atoms with Crippen molar-refractivity contribution in [3.8, 4) is 5.75 Å². The van der Waals surface area contributed by atoms with E-state index in [1.165, 1.54) is 49.8 Å². The van der Waals surface area contributed by atoms with Crippen molar-refractivity contribution >= 4 is 17.6 Å². The van der Waals surface area contributed by atoms with Crippen LogP contribution in [0.3, 0.4) is 0 Å². The van der Waals surface area contributed by atoms with Crippen molar-refractivity contribution < 1.29 is 5.11 Å². The van der Waals surface area contributed by atoms with Gasteiger partial charge >= 0.3 is 0 Å². The summed E-state index contributed by atoms with van der Waals surface area (Å²) in [6, 6.07) is 14.7. The van der Waals surface area contributed by atoms with Gasteiger partial charge in [0.25, 0.3) is 0 Å². The fourth-order valence-electron chi connectivity index (χ4n) is 6.93. The van der Waals surface area contributed by atoms with Crippen molar-refractivity contribution in [1.29, 1.82) is 0 Å². The van der Waals surface area contributed by atoms with Gasteiger partial charge in [0.2, 0.25) is 0 Å². The molecule has 4 bridgehead atoms. The Morgan fingerprint density at radius 3 is 2.10 bits per heavy atom. The zero-order valence-electron chi connectivity index (χ0n) is 18.3. The topological polar surface area (TPSA) is 35.8 Å². The van der Waals surface area contributed by atoms with Crippen molar-refractivity contribution in [3.63, 3.8) is 0 Å². The highest BCUT2D eigenvalue weighted by Crippen LogP contribution is 2.60. The highest BCUT2D eigenvalue weighted by molar-refractivity contribution is 5.85. The van der Waals surface area contributed by atoms with Gasteiger partial charge in [-0.2, -0.15) is 0 Å². The SMILES string of the molecule is CCN(CC)c1ccc(N=Cc2cc(C34CC5CC(CC(C5)C3)C4)ccc2O)cc1. The van der Waals surface area contributed by atoms with Crippen LogP contribution in [0.5, 0.6) is 5.75 Å². The van der Waals surface area contributed by atoms with Crippen LogP contribution in [0.15, 0.2) is 47.5 Å². The van der Waals surface area contributed by atoms with Crippen LogP contribution in [0.1, 0.15) is 63.5 Å². The molecule has 0 radical (unpaired) electrons. The molecule has 2 aromatic carbocycles. The molecule has 0 unspecified atom stereocenters. The fraction of sp³-hybridized carbons (Fsp3) is 0.519. The summed E-state index contributed by atoms with van der Waals surface area (Å²) >= 11 is 0. The van der Waals surface area contributed by atoms with Gasteiger partial charge in [0.15, 0.2) is 0 Å². The summed E-state index contributed by atoms with van der Waals surface area (Å²) in [5, 5.41) is 10.5. The summed E-state index contributed by atoms with van der Waals surface area (Å²) < 4.78 is 0. The van der Waals surface area contributed by atoms with Crippen molar-refractivity contribution in [2.45, 2.75) is 57.8 Å². The first-order valence-corrected chi connectivity index (χ1v) is 11.8. The average molecular weight is 403 g/mol. The van der Waals surface area contributed by atoms with Gasteiger partial charge < -0.3 is 10.0 Å². The Morgan fingerprint density at radius 2 is 1.53 bits per heavy atom. The summed E-state index contributed by atoms with van der Waals surface area (Å²) in [5.41, 5.74) is 4.76. The van der Waals surface area contributed by atoms with E-state index in [-0.39, 0.29) is 0 Å². The predicted octanol–water partition coefficient (Wildman–Crippen LogP) is 6.46. The lowest BCUT2D eigenvalue weighted by Crippen LogP contribution is -2.48. The largest absolute Gasteiger partial charge is 0.507 e. The standard InChI is InChI=1S/C27H34N2O/c1-3-29(4-2)25-8-6-24(7-9-25)28-18-22-14-23(5-10-26(22)30)27-15-19-11-20(16-27)13-21(12-19)17-27/h5-10,14,18-21,30H,3-4,11-13,15-17H2,1-2H3. The molecule has 0 atom stereocenters. The molecule has 4 aliphatic carbocycles. The number of nitrogens with zero attached hydrogens (tertiary/aromatic N) is 2. The molecule has 0 amide bonds. The normalized spacial score (nSPS) is 29.6. The molecular weight excluding hydrogens is 368 g/mol. The van der Waals surface area contributed by atoms with E-state index < -0.39 is 0 Å². The molecule has 4 fully saturated rings. The number of phenols is 1. The third-order valence-electron chi connectivity index (χ3n) is 8.01. The molecule has 3 nitrogen and oxygen atoms in total. The molecule has 0 aliphatic heterocycles. The minimum atomic E-state index is 0.326. The second kappa shape index (κ2) is 7.76. The van der Waals surface area contributed by atoms with Crippen molar-refractivity contribution in [1.82, 2.24) is 0 Å². The van der Waals surface area contributed by atoms with E-state index in [1.807, 2.05) is 12.3 Å². The van der Waals surface area contributed by atoms with E-state index in [2.05, 4.69) is 60.1 Å². The average Bonchev–Trinajstić information content (AvgIpc) is 2.74. The van der Waals surface area contributed by atoms with Crippen LogP contribution in [-0.4, -0.2) is 24.4 Å². The lowest BCUT2D eigenvalue weighted by atomic mass is 9.48. The van der Waals surface area contributed by atoms with E-state index in [0.717, 1.165) is 42.1 Å². The Balaban J connectivity index is 1.38. The van der Waals surface area contributed by atoms with Gasteiger partial charge in [-0.3, -0.25) is 4.99 Å². The van der Waals surface area contributed by atoms with Crippen LogP contribution < -0.4 is 4.90 Å². The molecule has 1 N–H and O–H groups in total. The second-order valence-electron chi connectivity index (χ2n) is 9.92. The maximum absolute atomic E-state index is 10.5. The van der Waals surface area contributed by atoms with Gasteiger partial charge in [0.1, 0.15) is 5.75 Å². The zero-order valence-corrected chi connectivity index (χ0v) is 18.3. The van der Waals surface area contributed by atoms with Gasteiger partial charge in [0, 0.05) is 30.6 Å². The first-order chi connectivity index (χ1) is 14.6. The Hall–Kier alpha value is -2.29. The number of hydrogen-bond acceptors (Lipinski definition) is 3. The van der Waals surface area contributed by atoms with Gasteiger partial charge in [-0.25, -0.2) is 0 Å². The Morgan fingerprint density at radius 1 is 0.933 bits per heavy atom. The molecule has 0 heterocycles. The third kappa shape index (κ3) is 3.53. The van der Waals surface area contributed by atoms with Crippen LogP contribution in [-0.2, 0) is 5.41 Å². The van der Waals surface area contributed by atoms with Crippen molar-refractivity contribution in [2.75, 3.05) is 18.0 Å². The summed E-state index contributed by atoms with van der Waals surface area (Å²) in [7, 11) is 0. The minimum absolute atomic E-state index is 0.326. The number of phenolic OH excluding ortho intramolecular Hbond substituents is 1. The van der Waals surface area contributed by atoms with E-state index in [4.69, 9.17) is 0 Å². The Bertz CT molecular complexity index is 891. The van der Waals surface area contributed by atoms with Crippen LogP contribution >= 0.6 is 0 Å². The summed E-state index contributed by atoms with van der Waals surface area (Å²) in [5.74, 6) is 3.09. The predicted molar refractivity (Wildman–Crippen MR) is 125 cm³/mol. The molecule has 6 rings (SSSR count). The maximum atomic E-state index is 10.5. The van der Waals surface area contributed by atoms with Gasteiger partial charge in [0.05, 0.1) is 5.69 Å². The number of anilines is 1. The molecule has 2 aromatic rings. The molecule has 0 saturated heterocycles. The monoisotopic (exact) mass is 402 g/mol. The number of benzene rings is 2. The smallest absolute Gasteiger partial charge is 0.124 e. The maximum Gasteiger partial charge on any atom is 0.124 e. The first kappa shape index (κ1) is 19.7. The molecule has 3 heteroatoms. The van der Waals surface area contributed by atoms with E-state index in [1.54, 1.807) is 0 Å². The molecule has 0 aromatic heterocycles. The minimum Gasteiger partial charge on any atom is -0.507 e. The van der Waals surface area contributed by atoms with Crippen molar-refractivity contribution in [3.05, 3.63) is 53.6 Å². The number of hydrogen-bond donors (Lipinski definition) is 1. The Kier molecular flexibility index (Phi) is 5.08. The second-order valence-corrected chi connectivity index (χ2v) is 9.92. The molecule has 0 spiro atoms. The van der Waals surface area contributed by atoms with Crippen LogP contribution in [0, 0.1) is 17.8 Å². The summed E-state index contributed by atoms with van der Waals surface area (Å²) in [6.07, 6.45) is 10.2. The molecule has 158 valence electrons. The number of aromatic hydroxyl groups is 1. The van der Waals surface area contributed by atoms with E-state index >= 15 is 0 Å².